The average Bonchev–Trinajstić information content (AvgIpc) is 3.85. The Balaban J connectivity index is 1.16. The molecule has 9 aromatic carbocycles. The van der Waals surface area contributed by atoms with Crippen molar-refractivity contribution in [1.29, 1.82) is 0 Å². The predicted molar refractivity (Wildman–Crippen MR) is 251 cm³/mol. The fourth-order valence-corrected chi connectivity index (χ4v) is 10.3. The van der Waals surface area contributed by atoms with Gasteiger partial charge in [0.1, 0.15) is 5.82 Å². The third kappa shape index (κ3) is 5.17. The summed E-state index contributed by atoms with van der Waals surface area (Å²) in [6.07, 6.45) is 0. The molecule has 12 rings (SSSR count). The Kier molecular flexibility index (Phi) is 7.91. The van der Waals surface area contributed by atoms with Crippen LogP contribution in [0.2, 0.25) is 0 Å². The molecule has 0 fully saturated rings. The Morgan fingerprint density at radius 3 is 1.62 bits per heavy atom. The van der Waals surface area contributed by atoms with Crippen molar-refractivity contribution < 1.29 is 0 Å². The van der Waals surface area contributed by atoms with Crippen molar-refractivity contribution in [3.8, 4) is 50.5 Å². The molecule has 1 spiro atoms. The number of benzene rings is 9. The van der Waals surface area contributed by atoms with Gasteiger partial charge in [0.15, 0.2) is 0 Å². The molecule has 2 aliphatic rings. The van der Waals surface area contributed by atoms with Gasteiger partial charge < -0.3 is 4.90 Å². The molecule has 0 saturated heterocycles. The minimum Gasteiger partial charge on any atom is -0.310 e. The molecule has 0 bridgehead atoms. The van der Waals surface area contributed by atoms with Gasteiger partial charge in [0.05, 0.1) is 27.8 Å². The lowest BCUT2D eigenvalue weighted by Crippen LogP contribution is -2.36. The van der Waals surface area contributed by atoms with Crippen molar-refractivity contribution in [1.82, 2.24) is 9.55 Å². The number of imidazole rings is 1. The van der Waals surface area contributed by atoms with E-state index < -0.39 is 5.41 Å². The molecule has 3 nitrogen and oxygen atoms in total. The summed E-state index contributed by atoms with van der Waals surface area (Å²) in [7, 11) is 0. The fraction of sp³-hybridized carbons (Fsp3) is 0.0179. The molecule has 0 saturated carbocycles. The van der Waals surface area contributed by atoms with Crippen LogP contribution in [0.25, 0.3) is 61.5 Å². The van der Waals surface area contributed by atoms with E-state index in [1.807, 2.05) is 0 Å². The van der Waals surface area contributed by atoms with Gasteiger partial charge in [-0.25, -0.2) is 4.98 Å². The maximum atomic E-state index is 5.34. The van der Waals surface area contributed by atoms with E-state index in [0.29, 0.717) is 0 Å². The molecule has 0 unspecified atom stereocenters. The van der Waals surface area contributed by atoms with E-state index >= 15 is 0 Å². The molecule has 0 N–H and O–H groups in total. The smallest absolute Gasteiger partial charge is 0.145 e. The molecule has 1 aliphatic carbocycles. The first-order valence-corrected chi connectivity index (χ1v) is 21.2. The van der Waals surface area contributed by atoms with Crippen molar-refractivity contribution in [2.75, 3.05) is 4.90 Å². The summed E-state index contributed by atoms with van der Waals surface area (Å²) in [6, 6.07) is 79.4. The Morgan fingerprint density at radius 2 is 0.917 bits per heavy atom. The fourth-order valence-electron chi connectivity index (χ4n) is 9.94. The number of hydrogen-bond acceptors (Lipinski definition) is 2. The molecule has 0 radical (unpaired) electrons. The second kappa shape index (κ2) is 13.7. The van der Waals surface area contributed by atoms with Crippen LogP contribution in [0.15, 0.2) is 223 Å². The van der Waals surface area contributed by atoms with Crippen LogP contribution in [0, 0.1) is 0 Å². The summed E-state index contributed by atoms with van der Waals surface area (Å²) < 4.78 is 3.35. The maximum Gasteiger partial charge on any atom is 0.145 e. The summed E-state index contributed by atoms with van der Waals surface area (Å²) in [5.41, 5.74) is 19.2. The summed E-state index contributed by atoms with van der Waals surface area (Å²) in [6.45, 7) is 0. The molecule has 0 atom stereocenters. The van der Waals surface area contributed by atoms with Crippen LogP contribution < -0.4 is 4.90 Å². The minimum atomic E-state index is -0.579. The van der Waals surface area contributed by atoms with Crippen LogP contribution in [-0.2, 0) is 5.41 Å². The zero-order valence-electron chi connectivity index (χ0n) is 32.5. The van der Waals surface area contributed by atoms with Gasteiger partial charge in [0.25, 0.3) is 0 Å². The van der Waals surface area contributed by atoms with Gasteiger partial charge in [-0.3, -0.25) is 4.57 Å². The van der Waals surface area contributed by atoms with E-state index in [9.17, 15) is 0 Å². The second-order valence-corrected chi connectivity index (χ2v) is 16.6. The summed E-state index contributed by atoms with van der Waals surface area (Å²) in [5.74, 6) is 0.906. The first-order valence-electron chi connectivity index (χ1n) is 20.4. The standard InChI is InChI=1S/C56H36BrN3/c57-42-29-31-53-50(36-42)56(47-24-12-10-22-45(47)46-23-11-13-25-48(46)56)49-35-38(28-30-52(49)59(53)43-18-6-2-7-19-43)40-32-39(37-16-4-1-5-17-37)33-41(34-40)55-58-51-26-14-15-27-54(51)60(55)44-20-8-3-9-21-44/h1-36H. The van der Waals surface area contributed by atoms with Gasteiger partial charge >= 0.3 is 0 Å². The number of rotatable bonds is 5. The van der Waals surface area contributed by atoms with Crippen LogP contribution in [0.3, 0.4) is 0 Å². The van der Waals surface area contributed by atoms with Crippen LogP contribution in [0.4, 0.5) is 17.1 Å². The quantitative estimate of drug-likeness (QED) is 0.172. The number of para-hydroxylation sites is 4. The zero-order valence-corrected chi connectivity index (χ0v) is 34.1. The van der Waals surface area contributed by atoms with Gasteiger partial charge in [-0.15, -0.1) is 0 Å². The number of aromatic nitrogens is 2. The molecule has 282 valence electrons. The van der Waals surface area contributed by atoms with Crippen molar-refractivity contribution in [2.45, 2.75) is 5.41 Å². The van der Waals surface area contributed by atoms with Gasteiger partial charge in [-0.1, -0.05) is 149 Å². The SMILES string of the molecule is Brc1ccc2c(c1)C1(c3ccccc3-c3ccccc31)c1cc(-c3cc(-c4ccccc4)cc(-c4nc5ccccc5n4-c4ccccc4)c3)ccc1N2c1ccccc1. The highest BCUT2D eigenvalue weighted by Gasteiger charge is 2.51. The van der Waals surface area contributed by atoms with E-state index in [1.54, 1.807) is 0 Å². The molecule has 2 heterocycles. The maximum absolute atomic E-state index is 5.34. The van der Waals surface area contributed by atoms with E-state index in [4.69, 9.17) is 4.98 Å². The Hall–Kier alpha value is -7.27. The van der Waals surface area contributed by atoms with Crippen molar-refractivity contribution >= 4 is 44.0 Å². The molecular weight excluding hydrogens is 795 g/mol. The van der Waals surface area contributed by atoms with Crippen molar-refractivity contribution in [2.24, 2.45) is 0 Å². The van der Waals surface area contributed by atoms with Gasteiger partial charge in [0, 0.05) is 21.4 Å². The molecule has 60 heavy (non-hydrogen) atoms. The zero-order chi connectivity index (χ0) is 39.8. The van der Waals surface area contributed by atoms with E-state index in [2.05, 4.69) is 244 Å². The third-order valence-corrected chi connectivity index (χ3v) is 12.9. The lowest BCUT2D eigenvalue weighted by molar-refractivity contribution is 0.752. The summed E-state index contributed by atoms with van der Waals surface area (Å²) in [5, 5.41) is 0. The Morgan fingerprint density at radius 1 is 0.383 bits per heavy atom. The van der Waals surface area contributed by atoms with E-state index in [0.717, 1.165) is 66.2 Å². The summed E-state index contributed by atoms with van der Waals surface area (Å²) in [4.78, 5) is 7.78. The number of hydrogen-bond donors (Lipinski definition) is 0. The lowest BCUT2D eigenvalue weighted by Gasteiger charge is -2.45. The average molecular weight is 831 g/mol. The van der Waals surface area contributed by atoms with Gasteiger partial charge in [0.2, 0.25) is 0 Å². The van der Waals surface area contributed by atoms with Crippen molar-refractivity contribution in [3.63, 3.8) is 0 Å². The van der Waals surface area contributed by atoms with Gasteiger partial charge in [-0.2, -0.15) is 0 Å². The third-order valence-electron chi connectivity index (χ3n) is 12.4. The molecule has 1 aliphatic heterocycles. The monoisotopic (exact) mass is 829 g/mol. The second-order valence-electron chi connectivity index (χ2n) is 15.7. The van der Waals surface area contributed by atoms with E-state index in [1.165, 1.54) is 39.1 Å². The Bertz CT molecular complexity index is 3230. The topological polar surface area (TPSA) is 21.1 Å². The number of nitrogens with zero attached hydrogens (tertiary/aromatic N) is 3. The highest BCUT2D eigenvalue weighted by Crippen LogP contribution is 2.64. The van der Waals surface area contributed by atoms with Gasteiger partial charge in [-0.05, 0) is 141 Å². The highest BCUT2D eigenvalue weighted by molar-refractivity contribution is 9.10. The van der Waals surface area contributed by atoms with Crippen LogP contribution >= 0.6 is 15.9 Å². The molecule has 10 aromatic rings. The molecular formula is C56H36BrN3. The van der Waals surface area contributed by atoms with Crippen LogP contribution in [0.1, 0.15) is 22.3 Å². The minimum absolute atomic E-state index is 0.579. The van der Waals surface area contributed by atoms with Crippen LogP contribution in [-0.4, -0.2) is 9.55 Å². The van der Waals surface area contributed by atoms with Crippen LogP contribution in [0.5, 0.6) is 0 Å². The first-order chi connectivity index (χ1) is 29.7. The molecule has 1 aromatic heterocycles. The first kappa shape index (κ1) is 34.7. The molecule has 4 heteroatoms. The largest absolute Gasteiger partial charge is 0.310 e. The number of halogens is 1. The highest BCUT2D eigenvalue weighted by atomic mass is 79.9. The summed E-state index contributed by atoms with van der Waals surface area (Å²) >= 11 is 3.94. The Labute approximate surface area is 357 Å². The molecule has 0 amide bonds. The van der Waals surface area contributed by atoms with E-state index in [-0.39, 0.29) is 0 Å². The van der Waals surface area contributed by atoms with Crippen molar-refractivity contribution in [3.05, 3.63) is 245 Å². The number of anilines is 3. The normalized spacial score (nSPS) is 13.2. The number of fused-ring (bicyclic) bond motifs is 10. The predicted octanol–water partition coefficient (Wildman–Crippen LogP) is 14.9. The lowest BCUT2D eigenvalue weighted by atomic mass is 9.64.